The van der Waals surface area contributed by atoms with Crippen molar-refractivity contribution < 1.29 is 10.2 Å². The predicted molar refractivity (Wildman–Crippen MR) is 67.2 cm³/mol. The van der Waals surface area contributed by atoms with E-state index in [-0.39, 0.29) is 5.41 Å². The number of aliphatic hydroxyl groups excluding tert-OH is 2. The van der Waals surface area contributed by atoms with E-state index in [1.165, 1.54) is 5.56 Å². The Morgan fingerprint density at radius 3 is 2.18 bits per heavy atom. The molecule has 0 saturated carbocycles. The van der Waals surface area contributed by atoms with E-state index in [0.29, 0.717) is 13.1 Å². The van der Waals surface area contributed by atoms with Crippen LogP contribution in [-0.2, 0) is 5.41 Å². The minimum absolute atomic E-state index is 0.0928. The second kappa shape index (κ2) is 4.27. The molecule has 1 aliphatic rings. The van der Waals surface area contributed by atoms with Gasteiger partial charge in [0.15, 0.2) is 0 Å². The fourth-order valence-electron chi connectivity index (χ4n) is 1.97. The molecular formula is C13H20N2O2. The first-order valence-corrected chi connectivity index (χ1v) is 5.95. The second-order valence-electron chi connectivity index (χ2n) is 5.69. The van der Waals surface area contributed by atoms with Crippen molar-refractivity contribution >= 4 is 5.82 Å². The molecule has 1 saturated heterocycles. The molecule has 0 amide bonds. The summed E-state index contributed by atoms with van der Waals surface area (Å²) < 4.78 is 0. The normalized spacial score (nSPS) is 25.4. The van der Waals surface area contributed by atoms with Crippen molar-refractivity contribution in [3.8, 4) is 0 Å². The van der Waals surface area contributed by atoms with E-state index in [0.717, 1.165) is 5.82 Å². The van der Waals surface area contributed by atoms with Crippen LogP contribution in [0.2, 0.25) is 0 Å². The van der Waals surface area contributed by atoms with E-state index in [9.17, 15) is 10.2 Å². The predicted octanol–water partition coefficient (Wildman–Crippen LogP) is 0.921. The number of hydrogen-bond acceptors (Lipinski definition) is 4. The summed E-state index contributed by atoms with van der Waals surface area (Å²) in [7, 11) is 0. The second-order valence-corrected chi connectivity index (χ2v) is 5.69. The summed E-state index contributed by atoms with van der Waals surface area (Å²) >= 11 is 0. The summed E-state index contributed by atoms with van der Waals surface area (Å²) in [5.41, 5.74) is 1.27. The van der Waals surface area contributed by atoms with Gasteiger partial charge in [0.25, 0.3) is 0 Å². The van der Waals surface area contributed by atoms with Crippen molar-refractivity contribution in [3.05, 3.63) is 23.9 Å². The number of β-amino-alcohol motifs (C(OH)–C–C–N with tert-alkyl or cyclic N) is 2. The number of pyridine rings is 1. The molecule has 94 valence electrons. The van der Waals surface area contributed by atoms with Gasteiger partial charge in [-0.05, 0) is 17.0 Å². The van der Waals surface area contributed by atoms with Crippen LogP contribution in [0.1, 0.15) is 26.3 Å². The summed E-state index contributed by atoms with van der Waals surface area (Å²) in [6.45, 7) is 7.33. The Bertz CT molecular complexity index is 373. The maximum atomic E-state index is 9.49. The average Bonchev–Trinajstić information content (AvgIpc) is 2.58. The zero-order valence-electron chi connectivity index (χ0n) is 10.6. The van der Waals surface area contributed by atoms with Gasteiger partial charge in [-0.25, -0.2) is 4.98 Å². The quantitative estimate of drug-likeness (QED) is 0.761. The summed E-state index contributed by atoms with van der Waals surface area (Å²) in [6, 6.07) is 4.00. The minimum Gasteiger partial charge on any atom is -0.389 e. The summed E-state index contributed by atoms with van der Waals surface area (Å²) in [4.78, 5) is 6.30. The lowest BCUT2D eigenvalue weighted by molar-refractivity contribution is 0.0572. The van der Waals surface area contributed by atoms with E-state index in [2.05, 4.69) is 31.8 Å². The third kappa shape index (κ3) is 2.58. The minimum atomic E-state index is -0.668. The first-order valence-electron chi connectivity index (χ1n) is 5.95. The Hall–Kier alpha value is -1.13. The van der Waals surface area contributed by atoms with Crippen molar-refractivity contribution in [1.82, 2.24) is 4.98 Å². The zero-order valence-corrected chi connectivity index (χ0v) is 10.6. The Morgan fingerprint density at radius 2 is 1.76 bits per heavy atom. The van der Waals surface area contributed by atoms with Crippen LogP contribution >= 0.6 is 0 Å². The molecule has 0 bridgehead atoms. The molecule has 0 aliphatic carbocycles. The van der Waals surface area contributed by atoms with E-state index in [1.54, 1.807) is 0 Å². The third-order valence-corrected chi connectivity index (χ3v) is 3.20. The van der Waals surface area contributed by atoms with Crippen LogP contribution in [0.3, 0.4) is 0 Å². The maximum Gasteiger partial charge on any atom is 0.128 e. The molecule has 0 spiro atoms. The number of nitrogens with zero attached hydrogens (tertiary/aromatic N) is 2. The van der Waals surface area contributed by atoms with Crippen LogP contribution in [0.25, 0.3) is 0 Å². The van der Waals surface area contributed by atoms with Crippen LogP contribution in [0, 0.1) is 0 Å². The van der Waals surface area contributed by atoms with E-state index < -0.39 is 12.2 Å². The molecule has 2 unspecified atom stereocenters. The SMILES string of the molecule is CC(C)(C)c1ccc(N2CC(O)C(O)C2)nc1. The number of aromatic nitrogens is 1. The molecule has 2 atom stereocenters. The molecular weight excluding hydrogens is 216 g/mol. The van der Waals surface area contributed by atoms with E-state index >= 15 is 0 Å². The van der Waals surface area contributed by atoms with Crippen LogP contribution in [0.15, 0.2) is 18.3 Å². The van der Waals surface area contributed by atoms with E-state index in [1.807, 2.05) is 17.2 Å². The molecule has 2 rings (SSSR count). The highest BCUT2D eigenvalue weighted by Crippen LogP contribution is 2.24. The van der Waals surface area contributed by atoms with Crippen LogP contribution in [0.5, 0.6) is 0 Å². The highest BCUT2D eigenvalue weighted by molar-refractivity contribution is 5.42. The van der Waals surface area contributed by atoms with Crippen LogP contribution in [0.4, 0.5) is 5.82 Å². The number of aliphatic hydroxyl groups is 2. The molecule has 1 aromatic heterocycles. The van der Waals surface area contributed by atoms with Crippen molar-refractivity contribution in [3.63, 3.8) is 0 Å². The maximum absolute atomic E-state index is 9.49. The highest BCUT2D eigenvalue weighted by atomic mass is 16.3. The molecule has 0 aromatic carbocycles. The Labute approximate surface area is 102 Å². The third-order valence-electron chi connectivity index (χ3n) is 3.20. The summed E-state index contributed by atoms with van der Waals surface area (Å²) in [6.07, 6.45) is 0.532. The van der Waals surface area contributed by atoms with Gasteiger partial charge in [-0.15, -0.1) is 0 Å². The Kier molecular flexibility index (Phi) is 3.10. The van der Waals surface area contributed by atoms with Crippen LogP contribution in [-0.4, -0.2) is 40.5 Å². The summed E-state index contributed by atoms with van der Waals surface area (Å²) in [5, 5.41) is 19.0. The zero-order chi connectivity index (χ0) is 12.6. The van der Waals surface area contributed by atoms with Gasteiger partial charge in [-0.3, -0.25) is 0 Å². The number of rotatable bonds is 1. The van der Waals surface area contributed by atoms with Crippen LogP contribution < -0.4 is 4.90 Å². The molecule has 0 radical (unpaired) electrons. The molecule has 17 heavy (non-hydrogen) atoms. The Morgan fingerprint density at radius 1 is 1.18 bits per heavy atom. The monoisotopic (exact) mass is 236 g/mol. The largest absolute Gasteiger partial charge is 0.389 e. The fourth-order valence-corrected chi connectivity index (χ4v) is 1.97. The molecule has 2 N–H and O–H groups in total. The van der Waals surface area contributed by atoms with Crippen molar-refractivity contribution in [2.24, 2.45) is 0 Å². The lowest BCUT2D eigenvalue weighted by atomic mass is 9.88. The lowest BCUT2D eigenvalue weighted by Crippen LogP contribution is -2.22. The standard InChI is InChI=1S/C13H20N2O2/c1-13(2,3)9-4-5-12(14-6-9)15-7-10(16)11(17)8-15/h4-6,10-11,16-17H,7-8H2,1-3H3. The van der Waals surface area contributed by atoms with Gasteiger partial charge in [-0.1, -0.05) is 26.8 Å². The topological polar surface area (TPSA) is 56.6 Å². The van der Waals surface area contributed by atoms with Gasteiger partial charge >= 0.3 is 0 Å². The fraction of sp³-hybridized carbons (Fsp3) is 0.615. The first kappa shape index (κ1) is 12.3. The molecule has 2 heterocycles. The van der Waals surface area contributed by atoms with Gasteiger partial charge in [-0.2, -0.15) is 0 Å². The first-order chi connectivity index (χ1) is 7.88. The Balaban J connectivity index is 2.14. The molecule has 1 fully saturated rings. The smallest absolute Gasteiger partial charge is 0.128 e. The van der Waals surface area contributed by atoms with Gasteiger partial charge in [0.05, 0.1) is 12.2 Å². The van der Waals surface area contributed by atoms with Crippen molar-refractivity contribution in [2.45, 2.75) is 38.4 Å². The van der Waals surface area contributed by atoms with Gasteiger partial charge in [0.2, 0.25) is 0 Å². The number of hydrogen-bond donors (Lipinski definition) is 2. The lowest BCUT2D eigenvalue weighted by Gasteiger charge is -2.21. The molecule has 4 heteroatoms. The average molecular weight is 236 g/mol. The molecule has 1 aliphatic heterocycles. The van der Waals surface area contributed by atoms with Gasteiger partial charge < -0.3 is 15.1 Å². The van der Waals surface area contributed by atoms with Gasteiger partial charge in [0, 0.05) is 19.3 Å². The van der Waals surface area contributed by atoms with Crippen molar-refractivity contribution in [2.75, 3.05) is 18.0 Å². The molecule has 1 aromatic rings. The molecule has 4 nitrogen and oxygen atoms in total. The van der Waals surface area contributed by atoms with E-state index in [4.69, 9.17) is 0 Å². The summed E-state index contributed by atoms with van der Waals surface area (Å²) in [5.74, 6) is 0.814. The van der Waals surface area contributed by atoms with Crippen molar-refractivity contribution in [1.29, 1.82) is 0 Å². The van der Waals surface area contributed by atoms with Gasteiger partial charge in [0.1, 0.15) is 5.82 Å². The highest BCUT2D eigenvalue weighted by Gasteiger charge is 2.30. The number of anilines is 1.